The van der Waals surface area contributed by atoms with E-state index in [0.717, 1.165) is 52.6 Å². The maximum atomic E-state index is 12.8. The lowest BCUT2D eigenvalue weighted by Crippen LogP contribution is -2.49. The number of thioether (sulfide) groups is 1. The van der Waals surface area contributed by atoms with Crippen molar-refractivity contribution in [2.45, 2.75) is 18.6 Å². The van der Waals surface area contributed by atoms with Gasteiger partial charge in [-0.05, 0) is 49.4 Å². The van der Waals surface area contributed by atoms with Crippen LogP contribution in [0.2, 0.25) is 5.02 Å². The molecule has 0 unspecified atom stereocenters. The van der Waals surface area contributed by atoms with Gasteiger partial charge >= 0.3 is 0 Å². The molecular weight excluding hydrogens is 446 g/mol. The first-order valence-corrected chi connectivity index (χ1v) is 11.9. The SMILES string of the molecule is CCn1c(SCC(=O)N2CCN(c3cccc(Cl)c3)CC2)nnc1-c1ccc(OC)cc1. The van der Waals surface area contributed by atoms with Crippen LogP contribution in [-0.2, 0) is 11.3 Å². The Morgan fingerprint density at radius 1 is 1.09 bits per heavy atom. The van der Waals surface area contributed by atoms with Gasteiger partial charge in [-0.1, -0.05) is 29.4 Å². The van der Waals surface area contributed by atoms with Crippen LogP contribution in [0, 0.1) is 0 Å². The number of hydrogen-bond donors (Lipinski definition) is 0. The summed E-state index contributed by atoms with van der Waals surface area (Å²) >= 11 is 7.55. The molecule has 1 aromatic heterocycles. The summed E-state index contributed by atoms with van der Waals surface area (Å²) in [6.45, 7) is 5.76. The zero-order chi connectivity index (χ0) is 22.5. The predicted molar refractivity (Wildman–Crippen MR) is 129 cm³/mol. The van der Waals surface area contributed by atoms with Crippen LogP contribution in [0.1, 0.15) is 6.92 Å². The van der Waals surface area contributed by atoms with E-state index < -0.39 is 0 Å². The van der Waals surface area contributed by atoms with Crippen molar-refractivity contribution in [3.05, 3.63) is 53.6 Å². The van der Waals surface area contributed by atoms with Gasteiger partial charge in [-0.3, -0.25) is 4.79 Å². The second-order valence-corrected chi connectivity index (χ2v) is 8.79. The molecule has 1 fully saturated rings. The summed E-state index contributed by atoms with van der Waals surface area (Å²) in [5.74, 6) is 2.06. The van der Waals surface area contributed by atoms with E-state index in [1.807, 2.05) is 51.9 Å². The van der Waals surface area contributed by atoms with Crippen LogP contribution in [0.25, 0.3) is 11.4 Å². The smallest absolute Gasteiger partial charge is 0.233 e. The lowest BCUT2D eigenvalue weighted by molar-refractivity contribution is -0.128. The van der Waals surface area contributed by atoms with Crippen LogP contribution in [-0.4, -0.2) is 64.6 Å². The number of halogens is 1. The summed E-state index contributed by atoms with van der Waals surface area (Å²) in [6.07, 6.45) is 0. The molecule has 7 nitrogen and oxygen atoms in total. The van der Waals surface area contributed by atoms with Crippen molar-refractivity contribution in [3.8, 4) is 17.1 Å². The van der Waals surface area contributed by atoms with E-state index in [9.17, 15) is 4.79 Å². The van der Waals surface area contributed by atoms with Crippen LogP contribution >= 0.6 is 23.4 Å². The third-order valence-electron chi connectivity index (χ3n) is 5.51. The van der Waals surface area contributed by atoms with E-state index >= 15 is 0 Å². The van der Waals surface area contributed by atoms with Gasteiger partial charge in [0.1, 0.15) is 5.75 Å². The van der Waals surface area contributed by atoms with E-state index in [-0.39, 0.29) is 5.91 Å². The van der Waals surface area contributed by atoms with Gasteiger partial charge in [0, 0.05) is 49.0 Å². The zero-order valence-electron chi connectivity index (χ0n) is 18.2. The fourth-order valence-electron chi connectivity index (χ4n) is 3.74. The normalized spacial score (nSPS) is 14.0. The summed E-state index contributed by atoms with van der Waals surface area (Å²) in [5, 5.41) is 10.2. The molecule has 1 amide bonds. The topological polar surface area (TPSA) is 63.5 Å². The van der Waals surface area contributed by atoms with Gasteiger partial charge in [-0.2, -0.15) is 0 Å². The van der Waals surface area contributed by atoms with Gasteiger partial charge in [0.05, 0.1) is 12.9 Å². The Morgan fingerprint density at radius 3 is 2.50 bits per heavy atom. The Balaban J connectivity index is 1.34. The summed E-state index contributed by atoms with van der Waals surface area (Å²) in [4.78, 5) is 17.0. The van der Waals surface area contributed by atoms with Gasteiger partial charge < -0.3 is 19.1 Å². The minimum absolute atomic E-state index is 0.123. The molecule has 32 heavy (non-hydrogen) atoms. The molecule has 0 bridgehead atoms. The van der Waals surface area contributed by atoms with E-state index in [1.54, 1.807) is 7.11 Å². The predicted octanol–water partition coefficient (Wildman–Crippen LogP) is 4.07. The van der Waals surface area contributed by atoms with Crippen molar-refractivity contribution < 1.29 is 9.53 Å². The molecular formula is C23H26ClN5O2S. The van der Waals surface area contributed by atoms with E-state index in [1.165, 1.54) is 11.8 Å². The Bertz CT molecular complexity index is 1060. The summed E-state index contributed by atoms with van der Waals surface area (Å²) in [6, 6.07) is 15.6. The maximum absolute atomic E-state index is 12.8. The standard InChI is InChI=1S/C23H26ClN5O2S/c1-3-29-22(17-7-9-20(31-2)10-8-17)25-26-23(29)32-16-21(30)28-13-11-27(12-14-28)19-6-4-5-18(24)15-19/h4-10,15H,3,11-14,16H2,1-2H3. The molecule has 2 aromatic carbocycles. The van der Waals surface area contributed by atoms with Gasteiger partial charge in [0.25, 0.3) is 0 Å². The van der Waals surface area contributed by atoms with Crippen LogP contribution in [0.5, 0.6) is 5.75 Å². The highest BCUT2D eigenvalue weighted by atomic mass is 35.5. The molecule has 3 aromatic rings. The first-order chi connectivity index (χ1) is 15.6. The monoisotopic (exact) mass is 471 g/mol. The number of nitrogens with zero attached hydrogens (tertiary/aromatic N) is 5. The van der Waals surface area contributed by atoms with Crippen molar-refractivity contribution in [1.29, 1.82) is 0 Å². The second kappa shape index (κ2) is 10.3. The van der Waals surface area contributed by atoms with Gasteiger partial charge in [0.15, 0.2) is 11.0 Å². The van der Waals surface area contributed by atoms with E-state index in [4.69, 9.17) is 16.3 Å². The Morgan fingerprint density at radius 2 is 1.84 bits per heavy atom. The Hall–Kier alpha value is -2.71. The van der Waals surface area contributed by atoms with Crippen molar-refractivity contribution in [2.24, 2.45) is 0 Å². The number of rotatable bonds is 7. The number of carbonyl (C=O) groups excluding carboxylic acids is 1. The molecule has 0 spiro atoms. The molecule has 4 rings (SSSR count). The minimum Gasteiger partial charge on any atom is -0.497 e. The fraction of sp³-hybridized carbons (Fsp3) is 0.348. The summed E-state index contributed by atoms with van der Waals surface area (Å²) < 4.78 is 7.27. The molecule has 9 heteroatoms. The molecule has 1 aliphatic heterocycles. The fourth-order valence-corrected chi connectivity index (χ4v) is 4.83. The Labute approximate surface area is 197 Å². The van der Waals surface area contributed by atoms with Crippen LogP contribution in [0.4, 0.5) is 5.69 Å². The minimum atomic E-state index is 0.123. The highest BCUT2D eigenvalue weighted by Crippen LogP contribution is 2.26. The van der Waals surface area contributed by atoms with Crippen LogP contribution in [0.15, 0.2) is 53.7 Å². The molecule has 168 valence electrons. The van der Waals surface area contributed by atoms with Gasteiger partial charge in [0.2, 0.25) is 5.91 Å². The highest BCUT2D eigenvalue weighted by molar-refractivity contribution is 7.99. The maximum Gasteiger partial charge on any atom is 0.233 e. The van der Waals surface area contributed by atoms with Crippen molar-refractivity contribution in [3.63, 3.8) is 0 Å². The molecule has 0 radical (unpaired) electrons. The number of ether oxygens (including phenoxy) is 1. The number of aromatic nitrogens is 3. The van der Waals surface area contributed by atoms with Crippen molar-refractivity contribution >= 4 is 35.0 Å². The van der Waals surface area contributed by atoms with Crippen molar-refractivity contribution in [2.75, 3.05) is 43.9 Å². The third-order valence-corrected chi connectivity index (χ3v) is 6.70. The average molecular weight is 472 g/mol. The van der Waals surface area contributed by atoms with E-state index in [0.29, 0.717) is 18.8 Å². The van der Waals surface area contributed by atoms with E-state index in [2.05, 4.69) is 28.1 Å². The number of anilines is 1. The quantitative estimate of drug-likeness (QED) is 0.484. The largest absolute Gasteiger partial charge is 0.497 e. The molecule has 2 heterocycles. The summed E-state index contributed by atoms with van der Waals surface area (Å²) in [5.41, 5.74) is 2.07. The number of amides is 1. The molecule has 0 N–H and O–H groups in total. The number of benzene rings is 2. The second-order valence-electron chi connectivity index (χ2n) is 7.42. The number of carbonyl (C=O) groups is 1. The third kappa shape index (κ3) is 5.02. The van der Waals surface area contributed by atoms with Crippen LogP contribution in [0.3, 0.4) is 0 Å². The first-order valence-electron chi connectivity index (χ1n) is 10.6. The molecule has 0 atom stereocenters. The molecule has 0 saturated carbocycles. The van der Waals surface area contributed by atoms with Crippen LogP contribution < -0.4 is 9.64 Å². The average Bonchev–Trinajstić information content (AvgIpc) is 3.25. The Kier molecular flexibility index (Phi) is 7.22. The first kappa shape index (κ1) is 22.5. The molecule has 1 aliphatic rings. The van der Waals surface area contributed by atoms with Gasteiger partial charge in [-0.15, -0.1) is 10.2 Å². The highest BCUT2D eigenvalue weighted by Gasteiger charge is 2.22. The lowest BCUT2D eigenvalue weighted by atomic mass is 10.2. The molecule has 1 saturated heterocycles. The number of piperazine rings is 1. The zero-order valence-corrected chi connectivity index (χ0v) is 19.8. The number of methoxy groups -OCH3 is 1. The van der Waals surface area contributed by atoms with Crippen molar-refractivity contribution in [1.82, 2.24) is 19.7 Å². The summed E-state index contributed by atoms with van der Waals surface area (Å²) in [7, 11) is 1.65. The lowest BCUT2D eigenvalue weighted by Gasteiger charge is -2.36. The number of hydrogen-bond acceptors (Lipinski definition) is 6. The molecule has 0 aliphatic carbocycles. The van der Waals surface area contributed by atoms with Gasteiger partial charge in [-0.25, -0.2) is 0 Å².